The molecule has 0 saturated carbocycles. The maximum absolute atomic E-state index is 12.6. The number of rotatable bonds is 5. The van der Waals surface area contributed by atoms with Gasteiger partial charge in [-0.25, -0.2) is 0 Å². The molecule has 1 atom stereocenters. The Morgan fingerprint density at radius 2 is 1.73 bits per heavy atom. The summed E-state index contributed by atoms with van der Waals surface area (Å²) in [4.78, 5) is 12.6. The molecule has 26 heavy (non-hydrogen) atoms. The summed E-state index contributed by atoms with van der Waals surface area (Å²) in [6, 6.07) is 14.8. The molecule has 8 heteroatoms. The lowest BCUT2D eigenvalue weighted by atomic mass is 10.3. The minimum atomic E-state index is -0.423. The fourth-order valence-electron chi connectivity index (χ4n) is 2.35. The highest BCUT2D eigenvalue weighted by Crippen LogP contribution is 2.31. The zero-order valence-corrected chi connectivity index (χ0v) is 16.4. The molecule has 134 valence electrons. The van der Waals surface area contributed by atoms with Crippen molar-refractivity contribution in [1.82, 2.24) is 14.8 Å². The Balaban J connectivity index is 1.79. The SMILES string of the molecule is Cc1nnc(S[C@H](C)C(=O)Nc2c(Cl)cccc2Cl)n1-c1ccccc1. The van der Waals surface area contributed by atoms with Gasteiger partial charge in [0.25, 0.3) is 0 Å². The number of benzene rings is 2. The zero-order valence-electron chi connectivity index (χ0n) is 14.1. The molecule has 2 aromatic carbocycles. The van der Waals surface area contributed by atoms with E-state index in [1.165, 1.54) is 11.8 Å². The van der Waals surface area contributed by atoms with E-state index in [-0.39, 0.29) is 5.91 Å². The van der Waals surface area contributed by atoms with Gasteiger partial charge < -0.3 is 5.32 Å². The number of nitrogens with one attached hydrogen (secondary N) is 1. The Labute approximate surface area is 165 Å². The minimum absolute atomic E-state index is 0.217. The van der Waals surface area contributed by atoms with E-state index in [2.05, 4.69) is 15.5 Å². The molecule has 3 rings (SSSR count). The summed E-state index contributed by atoms with van der Waals surface area (Å²) in [7, 11) is 0. The molecule has 5 nitrogen and oxygen atoms in total. The number of carbonyl (C=O) groups is 1. The molecule has 1 aromatic heterocycles. The lowest BCUT2D eigenvalue weighted by Crippen LogP contribution is -2.23. The molecule has 0 aliphatic rings. The Hall–Kier alpha value is -2.02. The molecule has 3 aromatic rings. The first-order chi connectivity index (χ1) is 12.5. The standard InChI is InChI=1S/C18H16Cl2N4OS/c1-11(17(25)21-16-14(19)9-6-10-15(16)20)26-18-23-22-12(2)24(18)13-7-4-3-5-8-13/h3-11H,1-2H3,(H,21,25)/t11-/m1/s1. The second kappa shape index (κ2) is 8.12. The topological polar surface area (TPSA) is 59.8 Å². The van der Waals surface area contributed by atoms with Crippen LogP contribution >= 0.6 is 35.0 Å². The second-order valence-corrected chi connectivity index (χ2v) is 7.67. The summed E-state index contributed by atoms with van der Waals surface area (Å²) in [5, 5.41) is 12.1. The van der Waals surface area contributed by atoms with Crippen LogP contribution in [0.25, 0.3) is 5.69 Å². The number of aryl methyl sites for hydroxylation is 1. The number of nitrogens with zero attached hydrogens (tertiary/aromatic N) is 3. The van der Waals surface area contributed by atoms with Gasteiger partial charge in [0.1, 0.15) is 5.82 Å². The Morgan fingerprint density at radius 3 is 2.38 bits per heavy atom. The number of hydrogen-bond acceptors (Lipinski definition) is 4. The second-order valence-electron chi connectivity index (χ2n) is 5.55. The smallest absolute Gasteiger partial charge is 0.237 e. The van der Waals surface area contributed by atoms with Gasteiger partial charge in [-0.3, -0.25) is 9.36 Å². The first kappa shape index (κ1) is 18.8. The maximum Gasteiger partial charge on any atom is 0.237 e. The van der Waals surface area contributed by atoms with Crippen LogP contribution in [-0.4, -0.2) is 25.9 Å². The highest BCUT2D eigenvalue weighted by Gasteiger charge is 2.21. The van der Waals surface area contributed by atoms with Crippen molar-refractivity contribution in [2.75, 3.05) is 5.32 Å². The van der Waals surface area contributed by atoms with Gasteiger partial charge in [-0.2, -0.15) is 0 Å². The fourth-order valence-corrected chi connectivity index (χ4v) is 3.75. The van der Waals surface area contributed by atoms with E-state index in [4.69, 9.17) is 23.2 Å². The van der Waals surface area contributed by atoms with E-state index in [1.54, 1.807) is 25.1 Å². The summed E-state index contributed by atoms with van der Waals surface area (Å²) in [5.74, 6) is 0.533. The van der Waals surface area contributed by atoms with Crippen LogP contribution in [0, 0.1) is 6.92 Å². The Morgan fingerprint density at radius 1 is 1.08 bits per heavy atom. The van der Waals surface area contributed by atoms with Crippen molar-refractivity contribution in [3.63, 3.8) is 0 Å². The first-order valence-electron chi connectivity index (χ1n) is 7.86. The number of thioether (sulfide) groups is 1. The molecule has 0 unspecified atom stereocenters. The summed E-state index contributed by atoms with van der Waals surface area (Å²) >= 11 is 13.5. The van der Waals surface area contributed by atoms with Crippen molar-refractivity contribution in [2.24, 2.45) is 0 Å². The summed E-state index contributed by atoms with van der Waals surface area (Å²) in [6.07, 6.45) is 0. The van der Waals surface area contributed by atoms with E-state index < -0.39 is 5.25 Å². The largest absolute Gasteiger partial charge is 0.323 e. The summed E-state index contributed by atoms with van der Waals surface area (Å²) < 4.78 is 1.91. The monoisotopic (exact) mass is 406 g/mol. The molecule has 1 amide bonds. The number of anilines is 1. The zero-order chi connectivity index (χ0) is 18.7. The third kappa shape index (κ3) is 4.03. The minimum Gasteiger partial charge on any atom is -0.323 e. The van der Waals surface area contributed by atoms with Gasteiger partial charge in [-0.1, -0.05) is 59.2 Å². The van der Waals surface area contributed by atoms with Crippen LogP contribution in [0.5, 0.6) is 0 Å². The number of carbonyl (C=O) groups excluding carboxylic acids is 1. The van der Waals surface area contributed by atoms with E-state index in [1.807, 2.05) is 41.8 Å². The highest BCUT2D eigenvalue weighted by molar-refractivity contribution is 8.00. The predicted octanol–water partition coefficient (Wildman–Crippen LogP) is 5.00. The van der Waals surface area contributed by atoms with Gasteiger partial charge in [0.2, 0.25) is 5.91 Å². The molecule has 0 fully saturated rings. The van der Waals surface area contributed by atoms with E-state index in [9.17, 15) is 4.79 Å². The number of para-hydroxylation sites is 2. The molecular weight excluding hydrogens is 391 g/mol. The molecule has 0 bridgehead atoms. The molecule has 0 radical (unpaired) electrons. The normalized spacial score (nSPS) is 12.0. The lowest BCUT2D eigenvalue weighted by molar-refractivity contribution is -0.115. The van der Waals surface area contributed by atoms with E-state index >= 15 is 0 Å². The first-order valence-corrected chi connectivity index (χ1v) is 9.50. The Kier molecular flexibility index (Phi) is 5.86. The van der Waals surface area contributed by atoms with Crippen LogP contribution in [0.4, 0.5) is 5.69 Å². The van der Waals surface area contributed by atoms with Crippen molar-refractivity contribution in [2.45, 2.75) is 24.3 Å². The molecular formula is C18H16Cl2N4OS. The van der Waals surface area contributed by atoms with E-state index in [0.717, 1.165) is 11.5 Å². The van der Waals surface area contributed by atoms with Gasteiger partial charge >= 0.3 is 0 Å². The molecule has 1 heterocycles. The van der Waals surface area contributed by atoms with Crippen molar-refractivity contribution in [3.8, 4) is 5.69 Å². The van der Waals surface area contributed by atoms with Crippen molar-refractivity contribution < 1.29 is 4.79 Å². The van der Waals surface area contributed by atoms with Gasteiger partial charge in [-0.15, -0.1) is 10.2 Å². The molecule has 0 saturated heterocycles. The number of amides is 1. The molecule has 1 N–H and O–H groups in total. The van der Waals surface area contributed by atoms with Gasteiger partial charge in [0.05, 0.1) is 21.0 Å². The molecule has 0 aliphatic heterocycles. The van der Waals surface area contributed by atoms with Crippen LogP contribution in [0.1, 0.15) is 12.7 Å². The van der Waals surface area contributed by atoms with Crippen molar-refractivity contribution >= 4 is 46.6 Å². The predicted molar refractivity (Wildman–Crippen MR) is 107 cm³/mol. The van der Waals surface area contributed by atoms with Crippen LogP contribution in [0.2, 0.25) is 10.0 Å². The van der Waals surface area contributed by atoms with Crippen LogP contribution in [0.3, 0.4) is 0 Å². The average Bonchev–Trinajstić information content (AvgIpc) is 2.99. The number of halogens is 2. The third-order valence-corrected chi connectivity index (χ3v) is 5.34. The van der Waals surface area contributed by atoms with Gasteiger partial charge in [0.15, 0.2) is 5.16 Å². The average molecular weight is 407 g/mol. The van der Waals surface area contributed by atoms with Gasteiger partial charge in [-0.05, 0) is 38.1 Å². The number of hydrogen-bond donors (Lipinski definition) is 1. The van der Waals surface area contributed by atoms with Crippen LogP contribution < -0.4 is 5.32 Å². The van der Waals surface area contributed by atoms with E-state index in [0.29, 0.717) is 20.9 Å². The quantitative estimate of drug-likeness (QED) is 0.605. The molecule has 0 aliphatic carbocycles. The molecule has 0 spiro atoms. The lowest BCUT2D eigenvalue weighted by Gasteiger charge is -2.14. The Bertz CT molecular complexity index is 910. The summed E-state index contributed by atoms with van der Waals surface area (Å²) in [5.41, 5.74) is 1.35. The van der Waals surface area contributed by atoms with Crippen LogP contribution in [-0.2, 0) is 4.79 Å². The van der Waals surface area contributed by atoms with Crippen LogP contribution in [0.15, 0.2) is 53.7 Å². The third-order valence-electron chi connectivity index (χ3n) is 3.67. The summed E-state index contributed by atoms with van der Waals surface area (Å²) in [6.45, 7) is 3.67. The maximum atomic E-state index is 12.6. The fraction of sp³-hybridized carbons (Fsp3) is 0.167. The van der Waals surface area contributed by atoms with Crippen molar-refractivity contribution in [1.29, 1.82) is 0 Å². The van der Waals surface area contributed by atoms with Gasteiger partial charge in [0, 0.05) is 5.69 Å². The number of aromatic nitrogens is 3. The highest BCUT2D eigenvalue weighted by atomic mass is 35.5. The van der Waals surface area contributed by atoms with Crippen molar-refractivity contribution in [3.05, 3.63) is 64.4 Å².